The van der Waals surface area contributed by atoms with E-state index in [-0.39, 0.29) is 17.3 Å². The minimum Gasteiger partial charge on any atom is -0.331 e. The van der Waals surface area contributed by atoms with Crippen molar-refractivity contribution in [2.24, 2.45) is 5.10 Å². The summed E-state index contributed by atoms with van der Waals surface area (Å²) >= 11 is 7.44. The topological polar surface area (TPSA) is 88.4 Å². The van der Waals surface area contributed by atoms with Crippen LogP contribution >= 0.6 is 22.9 Å². The Labute approximate surface area is 164 Å². The number of pyridine rings is 1. The number of hydrogen-bond acceptors (Lipinski definition) is 6. The Morgan fingerprint density at radius 1 is 1.30 bits per heavy atom. The molecule has 1 aromatic carbocycles. The molecule has 2 aromatic heterocycles. The molecule has 0 spiro atoms. The molecule has 0 fully saturated rings. The number of hydrazone groups is 1. The van der Waals surface area contributed by atoms with Gasteiger partial charge in [-0.25, -0.2) is 10.4 Å². The first-order valence-corrected chi connectivity index (χ1v) is 9.19. The van der Waals surface area contributed by atoms with Crippen molar-refractivity contribution >= 4 is 45.9 Å². The summed E-state index contributed by atoms with van der Waals surface area (Å²) in [5, 5.41) is 8.00. The molecule has 9 heteroatoms. The maximum Gasteiger partial charge on any atom is 0.260 e. The van der Waals surface area contributed by atoms with Crippen LogP contribution in [0.25, 0.3) is 0 Å². The lowest BCUT2D eigenvalue weighted by atomic mass is 10.2. The van der Waals surface area contributed by atoms with E-state index >= 15 is 0 Å². The van der Waals surface area contributed by atoms with Gasteiger partial charge in [0.15, 0.2) is 10.3 Å². The van der Waals surface area contributed by atoms with Gasteiger partial charge >= 0.3 is 0 Å². The van der Waals surface area contributed by atoms with Crippen LogP contribution in [0.1, 0.15) is 10.4 Å². The van der Waals surface area contributed by atoms with Crippen LogP contribution in [0.15, 0.2) is 58.6 Å². The van der Waals surface area contributed by atoms with E-state index in [1.807, 2.05) is 31.2 Å². The molecule has 27 heavy (non-hydrogen) atoms. The van der Waals surface area contributed by atoms with Crippen LogP contribution in [-0.2, 0) is 11.3 Å². The number of carbonyl (C=O) groups is 1. The molecule has 0 saturated carbocycles. The van der Waals surface area contributed by atoms with E-state index in [0.29, 0.717) is 10.0 Å². The Morgan fingerprint density at radius 2 is 2.07 bits per heavy atom. The lowest BCUT2D eigenvalue weighted by Crippen LogP contribution is -2.28. The van der Waals surface area contributed by atoms with Crippen LogP contribution in [0.2, 0.25) is 5.15 Å². The summed E-state index contributed by atoms with van der Waals surface area (Å²) in [6.07, 6.45) is 2.96. The predicted molar refractivity (Wildman–Crippen MR) is 108 cm³/mol. The van der Waals surface area contributed by atoms with E-state index < -0.39 is 5.91 Å². The van der Waals surface area contributed by atoms with Gasteiger partial charge in [0.1, 0.15) is 6.54 Å². The van der Waals surface area contributed by atoms with Gasteiger partial charge in [0.25, 0.3) is 11.5 Å². The number of aromatic nitrogens is 2. The van der Waals surface area contributed by atoms with Gasteiger partial charge in [0.05, 0.1) is 11.1 Å². The third-order valence-corrected chi connectivity index (χ3v) is 4.89. The average Bonchev–Trinajstić information content (AvgIpc) is 2.98. The molecule has 0 atom stereocenters. The van der Waals surface area contributed by atoms with Crippen LogP contribution in [0.4, 0.5) is 10.8 Å². The highest BCUT2D eigenvalue weighted by Gasteiger charge is 2.09. The number of nitrogens with zero attached hydrogens (tertiary/aromatic N) is 3. The van der Waals surface area contributed by atoms with Crippen molar-refractivity contribution in [3.05, 3.63) is 74.6 Å². The van der Waals surface area contributed by atoms with Crippen molar-refractivity contribution in [1.29, 1.82) is 0 Å². The summed E-state index contributed by atoms with van der Waals surface area (Å²) in [4.78, 5) is 28.3. The van der Waals surface area contributed by atoms with Crippen LogP contribution < -0.4 is 16.3 Å². The summed E-state index contributed by atoms with van der Waals surface area (Å²) in [5.41, 5.74) is 4.14. The number of thiazole rings is 1. The summed E-state index contributed by atoms with van der Waals surface area (Å²) in [7, 11) is 0. The smallest absolute Gasteiger partial charge is 0.260 e. The fraction of sp³-hybridized carbons (Fsp3) is 0.111. The number of nitrogens with one attached hydrogen (secondary N) is 2. The molecule has 0 aliphatic heterocycles. The molecule has 2 heterocycles. The zero-order chi connectivity index (χ0) is 19.2. The first-order chi connectivity index (χ1) is 13.0. The summed E-state index contributed by atoms with van der Waals surface area (Å²) in [5.74, 6) is -0.418. The molecule has 0 radical (unpaired) electrons. The van der Waals surface area contributed by atoms with Gasteiger partial charge in [-0.05, 0) is 24.6 Å². The minimum atomic E-state index is -0.418. The third kappa shape index (κ3) is 5.02. The zero-order valence-electron chi connectivity index (χ0n) is 14.3. The van der Waals surface area contributed by atoms with Crippen molar-refractivity contribution < 1.29 is 4.79 Å². The first-order valence-electron chi connectivity index (χ1n) is 7.99. The molecule has 0 saturated heterocycles. The molecular weight excluding hydrogens is 386 g/mol. The lowest BCUT2D eigenvalue weighted by molar-refractivity contribution is -0.121. The van der Waals surface area contributed by atoms with Crippen LogP contribution in [0.3, 0.4) is 0 Å². The number of carbonyl (C=O) groups excluding carboxylic acids is 1. The van der Waals surface area contributed by atoms with Crippen LogP contribution in [0.5, 0.6) is 0 Å². The second-order valence-corrected chi connectivity index (χ2v) is 6.96. The summed E-state index contributed by atoms with van der Waals surface area (Å²) in [6, 6.07) is 12.5. The molecule has 3 aromatic rings. The molecular formula is C18H16ClN5O2S. The third-order valence-electron chi connectivity index (χ3n) is 3.58. The lowest BCUT2D eigenvalue weighted by Gasteiger charge is -2.05. The Balaban J connectivity index is 1.61. The van der Waals surface area contributed by atoms with Gasteiger partial charge in [0, 0.05) is 18.0 Å². The maximum atomic E-state index is 11.9. The Bertz CT molecular complexity index is 1040. The standard InChI is InChI=1S/C18H16ClN5O2S/c1-12-6-2-3-7-13(12)21-18-22-17(19)14(27-18)10-20-23-15(25)11-24-9-5-4-8-16(24)26/h2-10H,11H2,1H3,(H,21,22)(H,23,25)/b20-10+. The number of amides is 1. The van der Waals surface area contributed by atoms with Crippen molar-refractivity contribution in [2.45, 2.75) is 13.5 Å². The van der Waals surface area contributed by atoms with Crippen LogP contribution in [-0.4, -0.2) is 21.7 Å². The second kappa shape index (κ2) is 8.61. The fourth-order valence-corrected chi connectivity index (χ4v) is 3.26. The van der Waals surface area contributed by atoms with Crippen molar-refractivity contribution in [2.75, 3.05) is 5.32 Å². The number of halogens is 1. The molecule has 7 nitrogen and oxygen atoms in total. The number of hydrogen-bond donors (Lipinski definition) is 2. The van der Waals surface area contributed by atoms with Crippen molar-refractivity contribution in [3.63, 3.8) is 0 Å². The Kier molecular flexibility index (Phi) is 6.00. The number of aryl methyl sites for hydroxylation is 1. The molecule has 0 aliphatic carbocycles. The minimum absolute atomic E-state index is 0.118. The zero-order valence-corrected chi connectivity index (χ0v) is 15.9. The largest absolute Gasteiger partial charge is 0.331 e. The van der Waals surface area contributed by atoms with E-state index in [1.54, 1.807) is 12.1 Å². The van der Waals surface area contributed by atoms with Gasteiger partial charge in [-0.15, -0.1) is 0 Å². The highest BCUT2D eigenvalue weighted by Crippen LogP contribution is 2.28. The monoisotopic (exact) mass is 401 g/mol. The predicted octanol–water partition coefficient (Wildman–Crippen LogP) is 3.16. The number of rotatable bonds is 6. The molecule has 138 valence electrons. The first kappa shape index (κ1) is 18.8. The number of anilines is 2. The molecule has 2 N–H and O–H groups in total. The highest BCUT2D eigenvalue weighted by atomic mass is 35.5. The van der Waals surface area contributed by atoms with Crippen molar-refractivity contribution in [1.82, 2.24) is 15.0 Å². The van der Waals surface area contributed by atoms with Gasteiger partial charge in [-0.2, -0.15) is 5.10 Å². The molecule has 3 rings (SSSR count). The maximum absolute atomic E-state index is 11.9. The van der Waals surface area contributed by atoms with Gasteiger partial charge in [0.2, 0.25) is 0 Å². The normalized spacial score (nSPS) is 10.9. The van der Waals surface area contributed by atoms with Gasteiger partial charge in [-0.3, -0.25) is 9.59 Å². The number of para-hydroxylation sites is 1. The molecule has 0 bridgehead atoms. The Morgan fingerprint density at radius 3 is 2.85 bits per heavy atom. The average molecular weight is 402 g/mol. The van der Waals surface area contributed by atoms with Gasteiger partial charge < -0.3 is 9.88 Å². The van der Waals surface area contributed by atoms with E-state index in [4.69, 9.17) is 11.6 Å². The second-order valence-electron chi connectivity index (χ2n) is 5.57. The molecule has 1 amide bonds. The van der Waals surface area contributed by atoms with Crippen LogP contribution in [0, 0.1) is 6.92 Å². The van der Waals surface area contributed by atoms with Crippen molar-refractivity contribution in [3.8, 4) is 0 Å². The van der Waals surface area contributed by atoms with E-state index in [9.17, 15) is 9.59 Å². The molecule has 0 aliphatic rings. The highest BCUT2D eigenvalue weighted by molar-refractivity contribution is 7.17. The van der Waals surface area contributed by atoms with Gasteiger partial charge in [-0.1, -0.05) is 47.2 Å². The molecule has 0 unspecified atom stereocenters. The fourth-order valence-electron chi connectivity index (χ4n) is 2.22. The SMILES string of the molecule is Cc1ccccc1Nc1nc(Cl)c(/C=N/NC(=O)Cn2ccccc2=O)s1. The summed E-state index contributed by atoms with van der Waals surface area (Å²) in [6.45, 7) is 1.88. The van der Waals surface area contributed by atoms with E-state index in [0.717, 1.165) is 11.3 Å². The quantitative estimate of drug-likeness (QED) is 0.490. The van der Waals surface area contributed by atoms with E-state index in [1.165, 1.54) is 34.4 Å². The summed E-state index contributed by atoms with van der Waals surface area (Å²) < 4.78 is 1.29. The Hall–Kier alpha value is -2.97. The number of benzene rings is 1. The van der Waals surface area contributed by atoms with E-state index in [2.05, 4.69) is 20.8 Å².